The van der Waals surface area contributed by atoms with Gasteiger partial charge in [-0.25, -0.2) is 17.7 Å². The maximum atomic E-state index is 12.0. The third kappa shape index (κ3) is 3.61. The number of amides is 1. The Balaban J connectivity index is 1.58. The first-order chi connectivity index (χ1) is 15.2. The molecule has 4 heterocycles. The molecule has 1 atom stereocenters. The minimum atomic E-state index is -3.20. The van der Waals surface area contributed by atoms with Gasteiger partial charge in [0, 0.05) is 31.1 Å². The molecule has 2 aliphatic heterocycles. The third-order valence-corrected chi connectivity index (χ3v) is 7.91. The lowest BCUT2D eigenvalue weighted by atomic mass is 10.0. The lowest BCUT2D eigenvalue weighted by molar-refractivity contribution is -0.119. The van der Waals surface area contributed by atoms with Crippen LogP contribution in [0.5, 0.6) is 0 Å². The Labute approximate surface area is 186 Å². The van der Waals surface area contributed by atoms with Crippen molar-refractivity contribution in [2.45, 2.75) is 51.6 Å². The van der Waals surface area contributed by atoms with Gasteiger partial charge in [-0.3, -0.25) is 4.79 Å². The van der Waals surface area contributed by atoms with Crippen molar-refractivity contribution in [1.29, 1.82) is 0 Å². The zero-order valence-corrected chi connectivity index (χ0v) is 19.3. The van der Waals surface area contributed by atoms with Crippen LogP contribution < -0.4 is 5.32 Å². The number of hydrogen-bond acceptors (Lipinski definition) is 6. The van der Waals surface area contributed by atoms with Crippen LogP contribution in [0.25, 0.3) is 22.2 Å². The van der Waals surface area contributed by atoms with Gasteiger partial charge in [0.25, 0.3) is 0 Å². The third-order valence-electron chi connectivity index (χ3n) is 6.60. The van der Waals surface area contributed by atoms with Gasteiger partial charge in [0.15, 0.2) is 0 Å². The van der Waals surface area contributed by atoms with Crippen molar-refractivity contribution in [1.82, 2.24) is 24.3 Å². The van der Waals surface area contributed by atoms with Crippen LogP contribution in [0.1, 0.15) is 55.0 Å². The number of sulfonamides is 1. The van der Waals surface area contributed by atoms with Gasteiger partial charge in [0.2, 0.25) is 15.9 Å². The molecule has 0 saturated carbocycles. The van der Waals surface area contributed by atoms with Crippen molar-refractivity contribution < 1.29 is 17.7 Å². The van der Waals surface area contributed by atoms with Crippen LogP contribution >= 0.6 is 0 Å². The molecular formula is C22H27N5O4S. The van der Waals surface area contributed by atoms with Gasteiger partial charge >= 0.3 is 0 Å². The van der Waals surface area contributed by atoms with E-state index in [-0.39, 0.29) is 18.0 Å². The minimum absolute atomic E-state index is 0.0388. The minimum Gasteiger partial charge on any atom is -0.361 e. The van der Waals surface area contributed by atoms with E-state index in [1.807, 2.05) is 19.9 Å². The Bertz CT molecular complexity index is 1280. The van der Waals surface area contributed by atoms with E-state index in [4.69, 9.17) is 9.51 Å². The lowest BCUT2D eigenvalue weighted by Crippen LogP contribution is -2.39. The Morgan fingerprint density at radius 2 is 1.91 bits per heavy atom. The summed E-state index contributed by atoms with van der Waals surface area (Å²) < 4.78 is 33.0. The average Bonchev–Trinajstić information content (AvgIpc) is 3.43. The predicted molar refractivity (Wildman–Crippen MR) is 120 cm³/mol. The number of aryl methyl sites for hydroxylation is 2. The molecule has 0 bridgehead atoms. The summed E-state index contributed by atoms with van der Waals surface area (Å²) >= 11 is 0. The summed E-state index contributed by atoms with van der Waals surface area (Å²) in [4.78, 5) is 16.9. The predicted octanol–water partition coefficient (Wildman–Crippen LogP) is 2.86. The van der Waals surface area contributed by atoms with E-state index in [0.29, 0.717) is 38.8 Å². The lowest BCUT2D eigenvalue weighted by Gasteiger charge is -2.32. The molecule has 0 radical (unpaired) electrons. The molecule has 2 fully saturated rings. The number of aromatic nitrogens is 3. The number of imidazole rings is 1. The quantitative estimate of drug-likeness (QED) is 0.645. The second kappa shape index (κ2) is 7.70. The summed E-state index contributed by atoms with van der Waals surface area (Å²) in [6.07, 6.45) is 3.87. The highest BCUT2D eigenvalue weighted by Gasteiger charge is 2.33. The molecule has 3 aromatic rings. The fraction of sp³-hybridized carbons (Fsp3) is 0.500. The molecule has 9 nitrogen and oxygen atoms in total. The Hall–Kier alpha value is -2.72. The van der Waals surface area contributed by atoms with Crippen molar-refractivity contribution in [2.24, 2.45) is 0 Å². The number of carbonyl (C=O) groups excluding carboxylic acids is 1. The van der Waals surface area contributed by atoms with Crippen LogP contribution in [0, 0.1) is 13.8 Å². The summed E-state index contributed by atoms with van der Waals surface area (Å²) in [5.74, 6) is 1.65. The normalized spacial score (nSPS) is 20.8. The van der Waals surface area contributed by atoms with Gasteiger partial charge in [-0.2, -0.15) is 0 Å². The van der Waals surface area contributed by atoms with Crippen LogP contribution in [0.2, 0.25) is 0 Å². The van der Waals surface area contributed by atoms with Crippen LogP contribution in [0.15, 0.2) is 22.7 Å². The van der Waals surface area contributed by atoms with E-state index in [2.05, 4.69) is 27.2 Å². The molecule has 2 aromatic heterocycles. The summed E-state index contributed by atoms with van der Waals surface area (Å²) in [5.41, 5.74) is 4.64. The zero-order valence-electron chi connectivity index (χ0n) is 18.5. The molecule has 5 rings (SSSR count). The molecule has 1 amide bonds. The van der Waals surface area contributed by atoms with E-state index in [1.165, 1.54) is 10.6 Å². The summed E-state index contributed by atoms with van der Waals surface area (Å²) in [6.45, 7) is 4.78. The van der Waals surface area contributed by atoms with E-state index in [1.54, 1.807) is 0 Å². The molecule has 2 saturated heterocycles. The average molecular weight is 458 g/mol. The van der Waals surface area contributed by atoms with E-state index in [9.17, 15) is 13.2 Å². The first kappa shape index (κ1) is 21.1. The van der Waals surface area contributed by atoms with Gasteiger partial charge in [-0.05, 0) is 50.8 Å². The Kier molecular flexibility index (Phi) is 5.09. The number of rotatable bonds is 4. The summed E-state index contributed by atoms with van der Waals surface area (Å²) in [5, 5.41) is 7.12. The molecule has 0 spiro atoms. The maximum absolute atomic E-state index is 12.0. The molecule has 10 heteroatoms. The van der Waals surface area contributed by atoms with Crippen molar-refractivity contribution in [3.63, 3.8) is 0 Å². The molecule has 0 unspecified atom stereocenters. The van der Waals surface area contributed by atoms with Crippen LogP contribution in [-0.2, 0) is 14.8 Å². The van der Waals surface area contributed by atoms with Gasteiger partial charge in [0.05, 0.1) is 29.0 Å². The number of nitrogens with zero attached hydrogens (tertiary/aromatic N) is 4. The van der Waals surface area contributed by atoms with Gasteiger partial charge in [-0.15, -0.1) is 0 Å². The van der Waals surface area contributed by atoms with Gasteiger partial charge in [0.1, 0.15) is 11.6 Å². The second-order valence-electron chi connectivity index (χ2n) is 8.79. The second-order valence-corrected chi connectivity index (χ2v) is 10.8. The van der Waals surface area contributed by atoms with E-state index < -0.39 is 10.0 Å². The van der Waals surface area contributed by atoms with Crippen molar-refractivity contribution in [2.75, 3.05) is 19.3 Å². The monoisotopic (exact) mass is 457 g/mol. The Morgan fingerprint density at radius 3 is 2.50 bits per heavy atom. The molecule has 0 aliphatic carbocycles. The highest BCUT2D eigenvalue weighted by atomic mass is 32.2. The topological polar surface area (TPSA) is 110 Å². The van der Waals surface area contributed by atoms with Crippen LogP contribution in [0.3, 0.4) is 0 Å². The molecule has 170 valence electrons. The standard InChI is InChI=1S/C22H27N5O4S/c1-13-21(14(2)31-25-13)15-4-6-19-18(12-15)24-22(17-5-7-20(28)23-17)27(19)16-8-10-26(11-9-16)32(3,29)30/h4,6,12,16-17H,5,7-11H2,1-3H3,(H,23,28)/t17-/m0/s1. The number of fused-ring (bicyclic) bond motifs is 1. The van der Waals surface area contributed by atoms with Crippen LogP contribution in [-0.4, -0.2) is 52.7 Å². The van der Waals surface area contributed by atoms with Crippen LogP contribution in [0.4, 0.5) is 0 Å². The molecule has 1 aromatic carbocycles. The van der Waals surface area contributed by atoms with E-state index >= 15 is 0 Å². The van der Waals surface area contributed by atoms with Gasteiger partial charge in [-0.1, -0.05) is 11.2 Å². The van der Waals surface area contributed by atoms with Crippen molar-refractivity contribution in [3.05, 3.63) is 35.5 Å². The number of benzene rings is 1. The first-order valence-corrected chi connectivity index (χ1v) is 12.8. The first-order valence-electron chi connectivity index (χ1n) is 10.9. The fourth-order valence-electron chi connectivity index (χ4n) is 5.04. The summed E-state index contributed by atoms with van der Waals surface area (Å²) in [7, 11) is -3.20. The smallest absolute Gasteiger partial charge is 0.220 e. The maximum Gasteiger partial charge on any atom is 0.220 e. The highest BCUT2D eigenvalue weighted by molar-refractivity contribution is 7.88. The molecule has 1 N–H and O–H groups in total. The van der Waals surface area contributed by atoms with Crippen molar-refractivity contribution in [3.8, 4) is 11.1 Å². The number of nitrogens with one attached hydrogen (secondary N) is 1. The number of carbonyl (C=O) groups is 1. The Morgan fingerprint density at radius 1 is 1.16 bits per heavy atom. The molecule has 2 aliphatic rings. The number of hydrogen-bond donors (Lipinski definition) is 1. The molecule has 32 heavy (non-hydrogen) atoms. The summed E-state index contributed by atoms with van der Waals surface area (Å²) in [6, 6.07) is 6.15. The van der Waals surface area contributed by atoms with Gasteiger partial charge < -0.3 is 14.4 Å². The largest absolute Gasteiger partial charge is 0.361 e. The zero-order chi connectivity index (χ0) is 22.6. The van der Waals surface area contributed by atoms with E-state index in [0.717, 1.165) is 39.4 Å². The van der Waals surface area contributed by atoms with Crippen molar-refractivity contribution >= 4 is 27.0 Å². The number of piperidine rings is 1. The SMILES string of the molecule is Cc1noc(C)c1-c1ccc2c(c1)nc([C@@H]1CCC(=O)N1)n2C1CCN(S(C)(=O)=O)CC1. The highest BCUT2D eigenvalue weighted by Crippen LogP contribution is 2.36. The molecular weight excluding hydrogens is 430 g/mol. The fourth-order valence-corrected chi connectivity index (χ4v) is 5.91.